The van der Waals surface area contributed by atoms with Crippen LogP contribution in [0.15, 0.2) is 24.3 Å². The zero-order valence-electron chi connectivity index (χ0n) is 12.2. The van der Waals surface area contributed by atoms with Gasteiger partial charge in [-0.05, 0) is 25.0 Å². The molecule has 1 aromatic rings. The molecule has 1 rings (SSSR count). The fraction of sp³-hybridized carbons (Fsp3) is 0.562. The van der Waals surface area contributed by atoms with Crippen LogP contribution in [0.5, 0.6) is 0 Å². The first-order valence-electron chi connectivity index (χ1n) is 7.09. The highest BCUT2D eigenvalue weighted by molar-refractivity contribution is 5.79. The molecule has 0 aromatic heterocycles. The number of para-hydroxylation sites is 1. The second-order valence-corrected chi connectivity index (χ2v) is 4.88. The molecule has 1 aromatic carbocycles. The number of aryl methyl sites for hydroxylation is 1. The summed E-state index contributed by atoms with van der Waals surface area (Å²) in [5.41, 5.74) is 2.15. The number of hydrogen-bond donors (Lipinski definition) is 1. The average molecular weight is 263 g/mol. The predicted molar refractivity (Wildman–Crippen MR) is 79.4 cm³/mol. The summed E-state index contributed by atoms with van der Waals surface area (Å²) in [5.74, 6) is -0.181. The van der Waals surface area contributed by atoms with Crippen LogP contribution in [0.1, 0.15) is 44.6 Å². The first-order chi connectivity index (χ1) is 9.19. The molecular formula is C16H25NO2. The van der Waals surface area contributed by atoms with Crippen LogP contribution in [0.4, 0.5) is 5.69 Å². The van der Waals surface area contributed by atoms with E-state index in [1.54, 1.807) is 0 Å². The number of ether oxygens (including phenoxy) is 1. The van der Waals surface area contributed by atoms with E-state index in [1.165, 1.54) is 26.4 Å². The van der Waals surface area contributed by atoms with E-state index in [4.69, 9.17) is 4.74 Å². The van der Waals surface area contributed by atoms with E-state index in [9.17, 15) is 4.79 Å². The molecule has 19 heavy (non-hydrogen) atoms. The summed E-state index contributed by atoms with van der Waals surface area (Å²) in [6.45, 7) is 4.22. The number of carbonyl (C=O) groups excluding carboxylic acids is 1. The van der Waals surface area contributed by atoms with Crippen molar-refractivity contribution in [1.29, 1.82) is 0 Å². The molecule has 1 atom stereocenters. The fourth-order valence-electron chi connectivity index (χ4n) is 2.09. The first-order valence-corrected chi connectivity index (χ1v) is 7.09. The summed E-state index contributed by atoms with van der Waals surface area (Å²) in [6, 6.07) is 7.75. The van der Waals surface area contributed by atoms with Gasteiger partial charge in [0.15, 0.2) is 0 Å². The summed E-state index contributed by atoms with van der Waals surface area (Å²) in [5, 5.41) is 3.30. The van der Waals surface area contributed by atoms with Crippen molar-refractivity contribution in [3.8, 4) is 0 Å². The third-order valence-corrected chi connectivity index (χ3v) is 3.31. The molecule has 0 bridgehead atoms. The number of hydrogen-bond acceptors (Lipinski definition) is 3. The topological polar surface area (TPSA) is 38.3 Å². The number of methoxy groups -OCH3 is 1. The Balaban J connectivity index is 2.59. The van der Waals surface area contributed by atoms with Gasteiger partial charge < -0.3 is 10.1 Å². The quantitative estimate of drug-likeness (QED) is 0.570. The molecule has 0 heterocycles. The molecule has 0 radical (unpaired) electrons. The molecule has 0 aliphatic carbocycles. The molecule has 3 heteroatoms. The maximum Gasteiger partial charge on any atom is 0.328 e. The Morgan fingerprint density at radius 3 is 2.63 bits per heavy atom. The number of nitrogens with one attached hydrogen (secondary N) is 1. The monoisotopic (exact) mass is 263 g/mol. The van der Waals surface area contributed by atoms with Crippen molar-refractivity contribution in [2.45, 2.75) is 52.0 Å². The molecule has 0 aliphatic heterocycles. The number of unbranched alkanes of at least 4 members (excludes halogenated alkanes) is 3. The van der Waals surface area contributed by atoms with E-state index in [-0.39, 0.29) is 12.0 Å². The Hall–Kier alpha value is -1.51. The Labute approximate surface area is 116 Å². The van der Waals surface area contributed by atoms with Crippen LogP contribution in [0.3, 0.4) is 0 Å². The molecule has 0 fully saturated rings. The Morgan fingerprint density at radius 1 is 1.26 bits per heavy atom. The normalized spacial score (nSPS) is 11.9. The largest absolute Gasteiger partial charge is 0.467 e. The minimum Gasteiger partial charge on any atom is -0.467 e. The van der Waals surface area contributed by atoms with Crippen molar-refractivity contribution in [2.75, 3.05) is 12.4 Å². The highest BCUT2D eigenvalue weighted by atomic mass is 16.5. The lowest BCUT2D eigenvalue weighted by molar-refractivity contribution is -0.141. The van der Waals surface area contributed by atoms with Crippen LogP contribution in [-0.2, 0) is 9.53 Å². The van der Waals surface area contributed by atoms with E-state index in [2.05, 4.69) is 12.2 Å². The molecule has 1 N–H and O–H groups in total. The smallest absolute Gasteiger partial charge is 0.328 e. The Kier molecular flexibility index (Phi) is 7.01. The minimum atomic E-state index is -0.247. The van der Waals surface area contributed by atoms with E-state index >= 15 is 0 Å². The lowest BCUT2D eigenvalue weighted by Gasteiger charge is -2.19. The van der Waals surface area contributed by atoms with Gasteiger partial charge in [-0.15, -0.1) is 0 Å². The van der Waals surface area contributed by atoms with Crippen LogP contribution in [0.25, 0.3) is 0 Å². The summed E-state index contributed by atoms with van der Waals surface area (Å²) in [7, 11) is 1.45. The first kappa shape index (κ1) is 15.5. The lowest BCUT2D eigenvalue weighted by atomic mass is 10.1. The molecule has 0 saturated heterocycles. The number of anilines is 1. The van der Waals surface area contributed by atoms with Crippen molar-refractivity contribution < 1.29 is 9.53 Å². The van der Waals surface area contributed by atoms with Gasteiger partial charge in [-0.1, -0.05) is 50.8 Å². The number of benzene rings is 1. The van der Waals surface area contributed by atoms with Gasteiger partial charge >= 0.3 is 5.97 Å². The second-order valence-electron chi connectivity index (χ2n) is 4.88. The zero-order chi connectivity index (χ0) is 14.1. The van der Waals surface area contributed by atoms with E-state index in [0.29, 0.717) is 0 Å². The zero-order valence-corrected chi connectivity index (χ0v) is 12.2. The minimum absolute atomic E-state index is 0.181. The van der Waals surface area contributed by atoms with Gasteiger partial charge in [0.05, 0.1) is 7.11 Å². The van der Waals surface area contributed by atoms with Crippen LogP contribution < -0.4 is 5.32 Å². The molecule has 0 spiro atoms. The Morgan fingerprint density at radius 2 is 2.00 bits per heavy atom. The van der Waals surface area contributed by atoms with Crippen molar-refractivity contribution in [1.82, 2.24) is 0 Å². The Bertz CT molecular complexity index is 390. The van der Waals surface area contributed by atoms with Gasteiger partial charge in [-0.25, -0.2) is 4.79 Å². The maximum absolute atomic E-state index is 11.8. The van der Waals surface area contributed by atoms with Gasteiger partial charge in [0.1, 0.15) is 6.04 Å². The summed E-state index contributed by atoms with van der Waals surface area (Å²) in [6.07, 6.45) is 5.46. The van der Waals surface area contributed by atoms with E-state index in [0.717, 1.165) is 24.1 Å². The third-order valence-electron chi connectivity index (χ3n) is 3.31. The summed E-state index contributed by atoms with van der Waals surface area (Å²) < 4.78 is 4.88. The predicted octanol–water partition coefficient (Wildman–Crippen LogP) is 3.92. The average Bonchev–Trinajstić information content (AvgIpc) is 2.43. The molecule has 0 saturated carbocycles. The van der Waals surface area contributed by atoms with Gasteiger partial charge in [-0.2, -0.15) is 0 Å². The second kappa shape index (κ2) is 8.57. The van der Waals surface area contributed by atoms with E-state index in [1.807, 2.05) is 31.2 Å². The molecular weight excluding hydrogens is 238 g/mol. The molecule has 106 valence electrons. The molecule has 0 amide bonds. The maximum atomic E-state index is 11.8. The van der Waals surface area contributed by atoms with Crippen molar-refractivity contribution in [3.63, 3.8) is 0 Å². The number of rotatable bonds is 8. The SMILES string of the molecule is CCCCCCC(Nc1ccccc1C)C(=O)OC. The van der Waals surface area contributed by atoms with E-state index < -0.39 is 0 Å². The molecule has 0 aliphatic rings. The van der Waals surface area contributed by atoms with Gasteiger partial charge in [0.25, 0.3) is 0 Å². The van der Waals surface area contributed by atoms with Crippen LogP contribution in [0.2, 0.25) is 0 Å². The summed E-state index contributed by atoms with van der Waals surface area (Å²) in [4.78, 5) is 11.8. The van der Waals surface area contributed by atoms with Crippen molar-refractivity contribution in [3.05, 3.63) is 29.8 Å². The summed E-state index contributed by atoms with van der Waals surface area (Å²) >= 11 is 0. The number of esters is 1. The van der Waals surface area contributed by atoms with Crippen LogP contribution in [-0.4, -0.2) is 19.1 Å². The highest BCUT2D eigenvalue weighted by Crippen LogP contribution is 2.17. The van der Waals surface area contributed by atoms with Gasteiger partial charge in [-0.3, -0.25) is 0 Å². The number of carbonyl (C=O) groups is 1. The van der Waals surface area contributed by atoms with Crippen LogP contribution in [0, 0.1) is 6.92 Å². The highest BCUT2D eigenvalue weighted by Gasteiger charge is 2.18. The lowest BCUT2D eigenvalue weighted by Crippen LogP contribution is -2.30. The fourth-order valence-corrected chi connectivity index (χ4v) is 2.09. The van der Waals surface area contributed by atoms with Crippen molar-refractivity contribution in [2.24, 2.45) is 0 Å². The van der Waals surface area contributed by atoms with Crippen LogP contribution >= 0.6 is 0 Å². The van der Waals surface area contributed by atoms with Gasteiger partial charge in [0, 0.05) is 5.69 Å². The van der Waals surface area contributed by atoms with Gasteiger partial charge in [0.2, 0.25) is 0 Å². The standard InChI is InChI=1S/C16H25NO2/c1-4-5-6-7-12-15(16(18)19-3)17-14-11-9-8-10-13(14)2/h8-11,15,17H,4-7,12H2,1-3H3. The molecule has 3 nitrogen and oxygen atoms in total. The molecule has 1 unspecified atom stereocenters. The third kappa shape index (κ3) is 5.33. The van der Waals surface area contributed by atoms with Crippen molar-refractivity contribution >= 4 is 11.7 Å².